The first-order valence-corrected chi connectivity index (χ1v) is 5.67. The molecule has 1 aliphatic rings. The zero-order valence-corrected chi connectivity index (χ0v) is 10.3. The third-order valence-corrected chi connectivity index (χ3v) is 3.11. The first-order chi connectivity index (χ1) is 7.77. The summed E-state index contributed by atoms with van der Waals surface area (Å²) in [4.78, 5) is 0. The number of alkyl halides is 3. The molecule has 0 saturated carbocycles. The van der Waals surface area contributed by atoms with Gasteiger partial charge in [-0.05, 0) is 12.8 Å². The van der Waals surface area contributed by atoms with Crippen molar-refractivity contribution in [3.05, 3.63) is 0 Å². The molecule has 1 aliphatic heterocycles. The summed E-state index contributed by atoms with van der Waals surface area (Å²) in [7, 11) is 0. The van der Waals surface area contributed by atoms with Gasteiger partial charge in [0.2, 0.25) is 0 Å². The van der Waals surface area contributed by atoms with Crippen LogP contribution in [0, 0.1) is 5.92 Å². The smallest absolute Gasteiger partial charge is 0.376 e. The maximum Gasteiger partial charge on any atom is 0.417 e. The van der Waals surface area contributed by atoms with Crippen LogP contribution in [0.1, 0.15) is 20.8 Å². The first-order valence-electron chi connectivity index (χ1n) is 5.67. The Hall–Kier alpha value is -0.330. The lowest BCUT2D eigenvalue weighted by Gasteiger charge is -2.36. The van der Waals surface area contributed by atoms with E-state index in [4.69, 9.17) is 14.2 Å². The minimum Gasteiger partial charge on any atom is -0.376 e. The van der Waals surface area contributed by atoms with Crippen LogP contribution < -0.4 is 0 Å². The molecule has 6 heteroatoms. The van der Waals surface area contributed by atoms with Gasteiger partial charge in [0, 0.05) is 0 Å². The molecule has 1 fully saturated rings. The Morgan fingerprint density at radius 1 is 1.24 bits per heavy atom. The highest BCUT2D eigenvalue weighted by molar-refractivity contribution is 4.87. The Labute approximate surface area is 99.2 Å². The molecule has 0 N–H and O–H groups in total. The average molecular weight is 256 g/mol. The monoisotopic (exact) mass is 256 g/mol. The third-order valence-electron chi connectivity index (χ3n) is 3.11. The summed E-state index contributed by atoms with van der Waals surface area (Å²) in [5.74, 6) is -0.644. The lowest BCUT2D eigenvalue weighted by Crippen LogP contribution is -2.50. The minimum absolute atomic E-state index is 0.00907. The van der Waals surface area contributed by atoms with E-state index in [9.17, 15) is 13.2 Å². The topological polar surface area (TPSA) is 27.7 Å². The summed E-state index contributed by atoms with van der Waals surface area (Å²) in [6, 6.07) is 0. The van der Waals surface area contributed by atoms with Gasteiger partial charge in [-0.25, -0.2) is 0 Å². The number of hydrogen-bond donors (Lipinski definition) is 0. The second-order valence-electron chi connectivity index (χ2n) is 4.64. The number of rotatable bonds is 6. The number of ether oxygens (including phenoxy) is 3. The SMILES string of the molecule is CC(C)C(C)(OCCOC1COC1)C(F)(F)F. The van der Waals surface area contributed by atoms with Gasteiger partial charge in [-0.1, -0.05) is 13.8 Å². The zero-order chi connectivity index (χ0) is 13.1. The molecular formula is C11H19F3O3. The highest BCUT2D eigenvalue weighted by atomic mass is 19.4. The lowest BCUT2D eigenvalue weighted by molar-refractivity contribution is -0.290. The van der Waals surface area contributed by atoms with E-state index in [2.05, 4.69) is 0 Å². The fourth-order valence-electron chi connectivity index (χ4n) is 1.35. The van der Waals surface area contributed by atoms with E-state index >= 15 is 0 Å². The molecule has 17 heavy (non-hydrogen) atoms. The van der Waals surface area contributed by atoms with Crippen molar-refractivity contribution in [2.75, 3.05) is 26.4 Å². The largest absolute Gasteiger partial charge is 0.417 e. The van der Waals surface area contributed by atoms with Crippen LogP contribution in [0.5, 0.6) is 0 Å². The standard InChI is InChI=1S/C11H19F3O3/c1-8(2)10(3,11(12,13)14)17-5-4-16-9-6-15-7-9/h8-9H,4-7H2,1-3H3. The molecule has 1 rings (SSSR count). The summed E-state index contributed by atoms with van der Waals surface area (Å²) in [5, 5.41) is 0. The van der Waals surface area contributed by atoms with Gasteiger partial charge in [0.1, 0.15) is 6.10 Å². The van der Waals surface area contributed by atoms with E-state index in [1.54, 1.807) is 0 Å². The molecule has 1 saturated heterocycles. The van der Waals surface area contributed by atoms with Crippen molar-refractivity contribution in [2.45, 2.75) is 38.7 Å². The van der Waals surface area contributed by atoms with Gasteiger partial charge in [-0.15, -0.1) is 0 Å². The lowest BCUT2D eigenvalue weighted by atomic mass is 9.91. The summed E-state index contributed by atoms with van der Waals surface area (Å²) in [6.45, 7) is 5.19. The van der Waals surface area contributed by atoms with Crippen LogP contribution in [-0.2, 0) is 14.2 Å². The van der Waals surface area contributed by atoms with Gasteiger partial charge in [-0.2, -0.15) is 13.2 Å². The normalized spacial score (nSPS) is 21.4. The summed E-state index contributed by atoms with van der Waals surface area (Å²) in [6.07, 6.45) is -4.37. The molecule has 0 aromatic heterocycles. The molecule has 0 radical (unpaired) electrons. The van der Waals surface area contributed by atoms with E-state index in [-0.39, 0.29) is 19.3 Å². The zero-order valence-electron chi connectivity index (χ0n) is 10.3. The molecule has 0 bridgehead atoms. The van der Waals surface area contributed by atoms with Crippen molar-refractivity contribution in [2.24, 2.45) is 5.92 Å². The maximum atomic E-state index is 12.8. The summed E-state index contributed by atoms with van der Waals surface area (Å²) < 4.78 is 53.6. The van der Waals surface area contributed by atoms with Crippen LogP contribution >= 0.6 is 0 Å². The molecule has 3 nitrogen and oxygen atoms in total. The van der Waals surface area contributed by atoms with E-state index < -0.39 is 17.7 Å². The van der Waals surface area contributed by atoms with Crippen LogP contribution in [0.4, 0.5) is 13.2 Å². The second-order valence-corrected chi connectivity index (χ2v) is 4.64. The Morgan fingerprint density at radius 3 is 2.18 bits per heavy atom. The molecule has 1 heterocycles. The van der Waals surface area contributed by atoms with Gasteiger partial charge in [-0.3, -0.25) is 0 Å². The van der Waals surface area contributed by atoms with Crippen LogP contribution in [0.25, 0.3) is 0 Å². The Bertz CT molecular complexity index is 239. The predicted octanol–water partition coefficient (Wildman–Crippen LogP) is 2.40. The third kappa shape index (κ3) is 3.56. The van der Waals surface area contributed by atoms with Crippen LogP contribution in [-0.4, -0.2) is 44.3 Å². The van der Waals surface area contributed by atoms with Crippen LogP contribution in [0.2, 0.25) is 0 Å². The molecule has 0 amide bonds. The highest BCUT2D eigenvalue weighted by Gasteiger charge is 2.54. The predicted molar refractivity (Wildman–Crippen MR) is 55.8 cm³/mol. The van der Waals surface area contributed by atoms with Gasteiger partial charge in [0.25, 0.3) is 0 Å². The molecule has 0 aliphatic carbocycles. The number of halogens is 3. The van der Waals surface area contributed by atoms with E-state index in [1.165, 1.54) is 13.8 Å². The van der Waals surface area contributed by atoms with Crippen LogP contribution in [0.3, 0.4) is 0 Å². The van der Waals surface area contributed by atoms with E-state index in [0.717, 1.165) is 6.92 Å². The average Bonchev–Trinajstić information content (AvgIpc) is 2.12. The van der Waals surface area contributed by atoms with Crippen molar-refractivity contribution in [3.63, 3.8) is 0 Å². The van der Waals surface area contributed by atoms with Crippen molar-refractivity contribution in [1.82, 2.24) is 0 Å². The Balaban J connectivity index is 2.33. The molecule has 0 aromatic rings. The van der Waals surface area contributed by atoms with Gasteiger partial charge in [0.15, 0.2) is 5.60 Å². The molecule has 1 atom stereocenters. The Kier molecular flexibility index (Phi) is 4.80. The fraction of sp³-hybridized carbons (Fsp3) is 1.00. The first kappa shape index (κ1) is 14.7. The Morgan fingerprint density at radius 2 is 1.82 bits per heavy atom. The second kappa shape index (κ2) is 5.54. The van der Waals surface area contributed by atoms with Crippen molar-refractivity contribution >= 4 is 0 Å². The van der Waals surface area contributed by atoms with E-state index in [1.807, 2.05) is 0 Å². The van der Waals surface area contributed by atoms with Gasteiger partial charge < -0.3 is 14.2 Å². The molecule has 1 unspecified atom stereocenters. The quantitative estimate of drug-likeness (QED) is 0.683. The van der Waals surface area contributed by atoms with Gasteiger partial charge >= 0.3 is 6.18 Å². The molecule has 0 aromatic carbocycles. The van der Waals surface area contributed by atoms with Gasteiger partial charge in [0.05, 0.1) is 26.4 Å². The van der Waals surface area contributed by atoms with Crippen molar-refractivity contribution < 1.29 is 27.4 Å². The molecular weight excluding hydrogens is 237 g/mol. The van der Waals surface area contributed by atoms with Crippen molar-refractivity contribution in [3.8, 4) is 0 Å². The molecule has 0 spiro atoms. The molecule has 102 valence electrons. The van der Waals surface area contributed by atoms with Crippen molar-refractivity contribution in [1.29, 1.82) is 0 Å². The highest BCUT2D eigenvalue weighted by Crippen LogP contribution is 2.38. The van der Waals surface area contributed by atoms with E-state index in [0.29, 0.717) is 13.2 Å². The summed E-state index contributed by atoms with van der Waals surface area (Å²) in [5.41, 5.74) is -2.12. The minimum atomic E-state index is -4.37. The fourth-order valence-corrected chi connectivity index (χ4v) is 1.35. The van der Waals surface area contributed by atoms with Crippen LogP contribution in [0.15, 0.2) is 0 Å². The maximum absolute atomic E-state index is 12.8. The summed E-state index contributed by atoms with van der Waals surface area (Å²) >= 11 is 0. The number of hydrogen-bond acceptors (Lipinski definition) is 3.